The fourth-order valence-electron chi connectivity index (χ4n) is 3.57. The van der Waals surface area contributed by atoms with Crippen LogP contribution in [0.15, 0.2) is 60.8 Å². The molecule has 1 aromatic heterocycles. The van der Waals surface area contributed by atoms with Crippen molar-refractivity contribution in [2.45, 2.75) is 19.0 Å². The van der Waals surface area contributed by atoms with E-state index in [1.165, 1.54) is 16.9 Å². The number of ether oxygens (including phenoxy) is 2. The molecular weight excluding hydrogens is 312 g/mol. The summed E-state index contributed by atoms with van der Waals surface area (Å²) in [5, 5.41) is 3.70. The minimum atomic E-state index is 0.198. The lowest BCUT2D eigenvalue weighted by Gasteiger charge is -2.19. The molecule has 0 amide bonds. The Balaban J connectivity index is 1.72. The number of rotatable bonds is 4. The van der Waals surface area contributed by atoms with E-state index in [2.05, 4.69) is 58.5 Å². The molecule has 1 N–H and O–H groups in total. The van der Waals surface area contributed by atoms with Gasteiger partial charge >= 0.3 is 0 Å². The zero-order valence-corrected chi connectivity index (χ0v) is 14.5. The fraction of sp³-hybridized carbons (Fsp3) is 0.238. The second-order valence-corrected chi connectivity index (χ2v) is 6.25. The van der Waals surface area contributed by atoms with Gasteiger partial charge in [0.2, 0.25) is 0 Å². The molecule has 3 aromatic rings. The lowest BCUT2D eigenvalue weighted by molar-refractivity contribution is 0.394. The Morgan fingerprint density at radius 1 is 1.04 bits per heavy atom. The third kappa shape index (κ3) is 2.89. The van der Waals surface area contributed by atoms with Crippen molar-refractivity contribution in [2.75, 3.05) is 14.2 Å². The van der Waals surface area contributed by atoms with Crippen molar-refractivity contribution < 1.29 is 9.47 Å². The summed E-state index contributed by atoms with van der Waals surface area (Å²) in [6.45, 7) is 0.842. The lowest BCUT2D eigenvalue weighted by atomic mass is 10.0. The molecule has 25 heavy (non-hydrogen) atoms. The smallest absolute Gasteiger partial charge is 0.122 e. The van der Waals surface area contributed by atoms with Crippen LogP contribution in [0.3, 0.4) is 0 Å². The molecule has 4 rings (SSSR count). The van der Waals surface area contributed by atoms with Gasteiger partial charge in [-0.2, -0.15) is 0 Å². The Bertz CT molecular complexity index is 885. The maximum Gasteiger partial charge on any atom is 0.122 e. The quantitative estimate of drug-likeness (QED) is 0.786. The van der Waals surface area contributed by atoms with E-state index in [0.29, 0.717) is 0 Å². The van der Waals surface area contributed by atoms with E-state index in [-0.39, 0.29) is 6.04 Å². The van der Waals surface area contributed by atoms with E-state index >= 15 is 0 Å². The molecule has 0 saturated carbocycles. The standard InChI is InChI=1S/C21H22N2O2/c1-24-17-9-10-21(25-2)16(12-17)13-18-20-8-5-11-23(20)19-7-4-3-6-15(19)14-22-18/h3-12,18,22H,13-14H2,1-2H3. The molecule has 4 heteroatoms. The molecule has 1 aliphatic heterocycles. The molecular formula is C21H22N2O2. The van der Waals surface area contributed by atoms with Gasteiger partial charge in [0.25, 0.3) is 0 Å². The maximum absolute atomic E-state index is 5.56. The fourth-order valence-corrected chi connectivity index (χ4v) is 3.57. The van der Waals surface area contributed by atoms with Crippen molar-refractivity contribution >= 4 is 0 Å². The number of hydrogen-bond donors (Lipinski definition) is 1. The highest BCUT2D eigenvalue weighted by Gasteiger charge is 2.22. The summed E-state index contributed by atoms with van der Waals surface area (Å²) >= 11 is 0. The monoisotopic (exact) mass is 334 g/mol. The SMILES string of the molecule is COc1ccc(OC)c(CC2NCc3ccccc3-n3cccc32)c1. The highest BCUT2D eigenvalue weighted by atomic mass is 16.5. The molecule has 2 heterocycles. The number of hydrogen-bond acceptors (Lipinski definition) is 3. The van der Waals surface area contributed by atoms with Gasteiger partial charge in [-0.15, -0.1) is 0 Å². The molecule has 2 aromatic carbocycles. The second kappa shape index (κ2) is 6.65. The lowest BCUT2D eigenvalue weighted by Crippen LogP contribution is -2.22. The second-order valence-electron chi connectivity index (χ2n) is 6.25. The molecule has 0 bridgehead atoms. The van der Waals surface area contributed by atoms with Crippen LogP contribution in [-0.4, -0.2) is 18.8 Å². The van der Waals surface area contributed by atoms with Gasteiger partial charge in [-0.1, -0.05) is 18.2 Å². The Kier molecular flexibility index (Phi) is 4.20. The van der Waals surface area contributed by atoms with E-state index in [4.69, 9.17) is 9.47 Å². The van der Waals surface area contributed by atoms with Crippen molar-refractivity contribution in [3.8, 4) is 17.2 Å². The van der Waals surface area contributed by atoms with Gasteiger partial charge in [0.05, 0.1) is 20.3 Å². The molecule has 0 spiro atoms. The van der Waals surface area contributed by atoms with Crippen LogP contribution in [0.25, 0.3) is 5.69 Å². The van der Waals surface area contributed by atoms with Gasteiger partial charge in [-0.25, -0.2) is 0 Å². The third-order valence-corrected chi connectivity index (χ3v) is 4.84. The number of nitrogens with zero attached hydrogens (tertiary/aromatic N) is 1. The molecule has 0 saturated heterocycles. The molecule has 4 nitrogen and oxygen atoms in total. The van der Waals surface area contributed by atoms with E-state index < -0.39 is 0 Å². The van der Waals surface area contributed by atoms with Gasteiger partial charge in [0.15, 0.2) is 0 Å². The van der Waals surface area contributed by atoms with E-state index in [1.54, 1.807) is 14.2 Å². The number of aromatic nitrogens is 1. The summed E-state index contributed by atoms with van der Waals surface area (Å²) in [6.07, 6.45) is 2.97. The van der Waals surface area contributed by atoms with Crippen LogP contribution in [0.1, 0.15) is 22.9 Å². The van der Waals surface area contributed by atoms with Gasteiger partial charge in [0.1, 0.15) is 11.5 Å². The summed E-state index contributed by atoms with van der Waals surface area (Å²) in [6, 6.07) is 19.0. The van der Waals surface area contributed by atoms with Gasteiger partial charge in [0, 0.05) is 24.1 Å². The van der Waals surface area contributed by atoms with Gasteiger partial charge < -0.3 is 19.4 Å². The first kappa shape index (κ1) is 15.8. The Morgan fingerprint density at radius 2 is 1.92 bits per heavy atom. The first-order chi connectivity index (χ1) is 12.3. The van der Waals surface area contributed by atoms with Gasteiger partial charge in [-0.3, -0.25) is 0 Å². The van der Waals surface area contributed by atoms with Crippen LogP contribution in [0.5, 0.6) is 11.5 Å². The number of para-hydroxylation sites is 1. The Labute approximate surface area is 148 Å². The third-order valence-electron chi connectivity index (χ3n) is 4.84. The van der Waals surface area contributed by atoms with E-state index in [9.17, 15) is 0 Å². The van der Waals surface area contributed by atoms with Crippen molar-refractivity contribution in [3.63, 3.8) is 0 Å². The number of methoxy groups -OCH3 is 2. The first-order valence-corrected chi connectivity index (χ1v) is 8.50. The topological polar surface area (TPSA) is 35.4 Å². The molecule has 0 radical (unpaired) electrons. The largest absolute Gasteiger partial charge is 0.497 e. The Morgan fingerprint density at radius 3 is 2.76 bits per heavy atom. The molecule has 0 aliphatic carbocycles. The summed E-state index contributed by atoms with van der Waals surface area (Å²) in [5.74, 6) is 1.74. The first-order valence-electron chi connectivity index (χ1n) is 8.50. The normalized spacial score (nSPS) is 15.8. The average Bonchev–Trinajstić information content (AvgIpc) is 3.09. The zero-order chi connectivity index (χ0) is 17.2. The minimum absolute atomic E-state index is 0.198. The van der Waals surface area contributed by atoms with Crippen molar-refractivity contribution in [3.05, 3.63) is 77.6 Å². The molecule has 1 aliphatic rings. The van der Waals surface area contributed by atoms with Gasteiger partial charge in [-0.05, 0) is 53.9 Å². The summed E-state index contributed by atoms with van der Waals surface area (Å²) in [4.78, 5) is 0. The number of fused-ring (bicyclic) bond motifs is 3. The van der Waals surface area contributed by atoms with Crippen LogP contribution < -0.4 is 14.8 Å². The van der Waals surface area contributed by atoms with Crippen LogP contribution in [-0.2, 0) is 13.0 Å². The highest BCUT2D eigenvalue weighted by molar-refractivity contribution is 5.46. The molecule has 128 valence electrons. The highest BCUT2D eigenvalue weighted by Crippen LogP contribution is 2.32. The average molecular weight is 334 g/mol. The van der Waals surface area contributed by atoms with Crippen LogP contribution in [0, 0.1) is 0 Å². The zero-order valence-electron chi connectivity index (χ0n) is 14.5. The Hall–Kier alpha value is -2.72. The summed E-state index contributed by atoms with van der Waals surface area (Å²) < 4.78 is 13.2. The van der Waals surface area contributed by atoms with Crippen molar-refractivity contribution in [1.29, 1.82) is 0 Å². The van der Waals surface area contributed by atoms with E-state index in [0.717, 1.165) is 30.0 Å². The van der Waals surface area contributed by atoms with Crippen molar-refractivity contribution in [2.24, 2.45) is 0 Å². The number of nitrogens with one attached hydrogen (secondary N) is 1. The summed E-state index contributed by atoms with van der Waals surface area (Å²) in [7, 11) is 3.40. The minimum Gasteiger partial charge on any atom is -0.497 e. The van der Waals surface area contributed by atoms with Crippen LogP contribution in [0.2, 0.25) is 0 Å². The van der Waals surface area contributed by atoms with E-state index in [1.807, 2.05) is 12.1 Å². The number of benzene rings is 2. The predicted octanol–water partition coefficient (Wildman–Crippen LogP) is 3.88. The predicted molar refractivity (Wildman–Crippen MR) is 98.6 cm³/mol. The van der Waals surface area contributed by atoms with Crippen LogP contribution in [0.4, 0.5) is 0 Å². The van der Waals surface area contributed by atoms with Crippen LogP contribution >= 0.6 is 0 Å². The molecule has 0 fully saturated rings. The summed E-state index contributed by atoms with van der Waals surface area (Å²) in [5.41, 5.74) is 4.95. The van der Waals surface area contributed by atoms with Crippen molar-refractivity contribution in [1.82, 2.24) is 9.88 Å². The maximum atomic E-state index is 5.56. The molecule has 1 atom stereocenters. The molecule has 1 unspecified atom stereocenters.